The zero-order valence-corrected chi connectivity index (χ0v) is 28.1. The molecule has 0 amide bonds. The molecule has 0 bridgehead atoms. The first-order valence-electron chi connectivity index (χ1n) is 16.2. The van der Waals surface area contributed by atoms with Crippen LogP contribution >= 0.6 is 0 Å². The maximum absolute atomic E-state index is 8.09. The van der Waals surface area contributed by atoms with Gasteiger partial charge in [-0.3, -0.25) is 0 Å². The Hall–Kier alpha value is -4.57. The van der Waals surface area contributed by atoms with Crippen LogP contribution in [0.3, 0.4) is 0 Å². The van der Waals surface area contributed by atoms with Crippen LogP contribution in [0.4, 0.5) is 0 Å². The van der Waals surface area contributed by atoms with Crippen LogP contribution in [-0.4, -0.2) is 26.8 Å². The maximum atomic E-state index is 8.09. The molecule has 3 aromatic heterocycles. The zero-order valence-electron chi connectivity index (χ0n) is 27.8. The Bertz CT molecular complexity index is 2450. The second kappa shape index (κ2) is 11.4. The number of hydrogen-bond donors (Lipinski definition) is 0. The van der Waals surface area contributed by atoms with Gasteiger partial charge in [0.1, 0.15) is 5.82 Å². The molecule has 0 aliphatic heterocycles. The van der Waals surface area contributed by atoms with E-state index in [-0.39, 0.29) is 21.1 Å². The van der Waals surface area contributed by atoms with Gasteiger partial charge in [0.05, 0.1) is 8.07 Å². The first-order valence-corrected chi connectivity index (χ1v) is 17.7. The third-order valence-electron chi connectivity index (χ3n) is 8.68. The number of nitrogens with zero attached hydrogens (tertiary/aromatic N) is 4. The predicted octanol–water partition coefficient (Wildman–Crippen LogP) is 7.83. The third kappa shape index (κ3) is 4.88. The van der Waals surface area contributed by atoms with Crippen molar-refractivity contribution in [3.63, 3.8) is 0 Å². The Balaban J connectivity index is 0.00000364. The van der Waals surface area contributed by atoms with Crippen LogP contribution in [0.5, 0.6) is 0 Å². The Morgan fingerprint density at radius 2 is 1.42 bits per heavy atom. The van der Waals surface area contributed by atoms with Gasteiger partial charge in [0, 0.05) is 61.7 Å². The molecule has 45 heavy (non-hydrogen) atoms. The summed E-state index contributed by atoms with van der Waals surface area (Å²) in [4.78, 5) is 4.85. The minimum absolute atomic E-state index is 0. The summed E-state index contributed by atoms with van der Waals surface area (Å²) < 4.78 is 29.8. The van der Waals surface area contributed by atoms with Crippen LogP contribution in [0.2, 0.25) is 13.1 Å². The molecular formula is C39H31N4PtSi-. The van der Waals surface area contributed by atoms with Gasteiger partial charge in [-0.2, -0.15) is 40.7 Å². The Morgan fingerprint density at radius 3 is 2.24 bits per heavy atom. The van der Waals surface area contributed by atoms with Crippen LogP contribution in [0, 0.1) is 12.1 Å². The number of imidazole rings is 1. The van der Waals surface area contributed by atoms with E-state index in [1.165, 1.54) is 4.57 Å². The fraction of sp³-hybridized carbons (Fsp3) is 0.0769. The summed E-state index contributed by atoms with van der Waals surface area (Å²) in [6.07, 6.45) is 3.54. The van der Waals surface area contributed by atoms with Gasteiger partial charge in [-0.05, 0) is 46.8 Å². The molecule has 0 fully saturated rings. The largest absolute Gasteiger partial charge is 0.319 e. The molecule has 5 aromatic carbocycles. The second-order valence-corrected chi connectivity index (χ2v) is 16.0. The number of fused-ring (bicyclic) bond motifs is 4. The Labute approximate surface area is 282 Å². The SMILES string of the molecule is [2H]C([2H])([2H])n1[cH+]n(-c2[c-]c([Si](C)(C)c3[c-]c4c(cc3)c3ccccc3n4-c3cc(-c4ccccc4)ccn3)ccc2)c2ccccc21.[Pt]. The molecule has 3 heterocycles. The molecule has 0 radical (unpaired) electrons. The predicted molar refractivity (Wildman–Crippen MR) is 185 cm³/mol. The molecule has 0 N–H and O–H groups in total. The van der Waals surface area contributed by atoms with Gasteiger partial charge >= 0.3 is 0 Å². The first-order chi connectivity index (χ1) is 22.7. The van der Waals surface area contributed by atoms with Gasteiger partial charge in [0.2, 0.25) is 0 Å². The Kier molecular flexibility index (Phi) is 6.52. The van der Waals surface area contributed by atoms with E-state index in [1.54, 1.807) is 6.33 Å². The summed E-state index contributed by atoms with van der Waals surface area (Å²) in [6.45, 7) is 2.34. The number of para-hydroxylation sites is 3. The standard InChI is InChI=1S/C39H31N4Si.Pt/c1-41-27-42(37-19-10-9-18-36(37)41)30-14-11-15-31(25-30)44(2,3)32-20-21-34-33-16-7-8-17-35(33)43(38(34)26-32)39-24-29(22-23-40-39)28-12-5-4-6-13-28;/h4-24,27H,1-3H3;/q-1;/i1D3;. The summed E-state index contributed by atoms with van der Waals surface area (Å²) in [7, 11) is -2.35. The molecule has 222 valence electrons. The van der Waals surface area contributed by atoms with E-state index in [0.717, 1.165) is 60.3 Å². The van der Waals surface area contributed by atoms with Crippen molar-refractivity contribution in [3.05, 3.63) is 146 Å². The van der Waals surface area contributed by atoms with Crippen molar-refractivity contribution in [1.29, 1.82) is 0 Å². The molecule has 0 saturated carbocycles. The average molecular weight is 782 g/mol. The van der Waals surface area contributed by atoms with Crippen molar-refractivity contribution in [2.75, 3.05) is 0 Å². The number of aromatic nitrogens is 4. The molecule has 4 nitrogen and oxygen atoms in total. The van der Waals surface area contributed by atoms with E-state index in [1.807, 2.05) is 59.3 Å². The van der Waals surface area contributed by atoms with Crippen molar-refractivity contribution in [1.82, 2.24) is 18.7 Å². The van der Waals surface area contributed by atoms with Gasteiger partial charge in [-0.15, -0.1) is 17.5 Å². The summed E-state index contributed by atoms with van der Waals surface area (Å²) >= 11 is 0. The first kappa shape index (κ1) is 25.7. The summed E-state index contributed by atoms with van der Waals surface area (Å²) in [5, 5.41) is 4.55. The fourth-order valence-corrected chi connectivity index (χ4v) is 8.43. The quantitative estimate of drug-likeness (QED) is 0.129. The summed E-state index contributed by atoms with van der Waals surface area (Å²) in [5.41, 5.74) is 6.61. The summed E-state index contributed by atoms with van der Waals surface area (Å²) in [6, 6.07) is 48.8. The molecule has 0 aliphatic carbocycles. The van der Waals surface area contributed by atoms with E-state index >= 15 is 0 Å². The van der Waals surface area contributed by atoms with Crippen LogP contribution in [0.25, 0.3) is 55.5 Å². The van der Waals surface area contributed by atoms with Crippen molar-refractivity contribution >= 4 is 51.3 Å². The Morgan fingerprint density at radius 1 is 0.689 bits per heavy atom. The monoisotopic (exact) mass is 781 g/mol. The topological polar surface area (TPSA) is 27.7 Å². The van der Waals surface area contributed by atoms with Gasteiger partial charge < -0.3 is 4.57 Å². The van der Waals surface area contributed by atoms with E-state index in [2.05, 4.69) is 103 Å². The van der Waals surface area contributed by atoms with E-state index in [9.17, 15) is 0 Å². The zero-order chi connectivity index (χ0) is 32.3. The normalized spacial score (nSPS) is 13.0. The van der Waals surface area contributed by atoms with Crippen LogP contribution in [0.15, 0.2) is 134 Å². The molecule has 8 aromatic rings. The average Bonchev–Trinajstić information content (AvgIpc) is 3.65. The van der Waals surface area contributed by atoms with Crippen LogP contribution < -0.4 is 10.4 Å². The third-order valence-corrected chi connectivity index (χ3v) is 12.0. The molecule has 0 atom stereocenters. The van der Waals surface area contributed by atoms with Gasteiger partial charge in [-0.1, -0.05) is 67.1 Å². The molecule has 0 aliphatic rings. The van der Waals surface area contributed by atoms with Crippen molar-refractivity contribution < 1.29 is 25.2 Å². The minimum atomic E-state index is -2.35. The smallest absolute Gasteiger partial charge is 0.188 e. The van der Waals surface area contributed by atoms with Crippen LogP contribution in [0.1, 0.15) is 4.11 Å². The fourth-order valence-electron chi connectivity index (χ4n) is 6.26. The molecule has 6 heteroatoms. The molecule has 0 saturated heterocycles. The number of pyridine rings is 1. The summed E-state index contributed by atoms with van der Waals surface area (Å²) in [5.74, 6) is 0.848. The molecule has 0 unspecified atom stereocenters. The molecular weight excluding hydrogens is 748 g/mol. The number of aryl methyl sites for hydroxylation is 1. The van der Waals surface area contributed by atoms with Gasteiger partial charge in [0.15, 0.2) is 17.4 Å². The van der Waals surface area contributed by atoms with Crippen molar-refractivity contribution in [2.45, 2.75) is 13.1 Å². The maximum Gasteiger partial charge on any atom is 0.188 e. The van der Waals surface area contributed by atoms with Crippen LogP contribution in [-0.2, 0) is 28.0 Å². The number of benzene rings is 5. The van der Waals surface area contributed by atoms with Crippen molar-refractivity contribution in [2.24, 2.45) is 6.98 Å². The number of hydrogen-bond acceptors (Lipinski definition) is 1. The molecule has 8 rings (SSSR count). The van der Waals surface area contributed by atoms with Crippen molar-refractivity contribution in [3.8, 4) is 22.6 Å². The van der Waals surface area contributed by atoms with Gasteiger partial charge in [0.25, 0.3) is 0 Å². The van der Waals surface area contributed by atoms with Gasteiger partial charge in [-0.25, -0.2) is 14.1 Å². The minimum Gasteiger partial charge on any atom is -0.319 e. The van der Waals surface area contributed by atoms with E-state index in [4.69, 9.17) is 9.10 Å². The number of rotatable bonds is 5. The van der Waals surface area contributed by atoms with E-state index in [0.29, 0.717) is 5.52 Å². The van der Waals surface area contributed by atoms with E-state index < -0.39 is 15.0 Å². The molecule has 0 spiro atoms. The second-order valence-electron chi connectivity index (χ2n) is 11.7.